The Morgan fingerprint density at radius 1 is 1.04 bits per heavy atom. The second-order valence-electron chi connectivity index (χ2n) is 10.6. The van der Waals surface area contributed by atoms with E-state index in [2.05, 4.69) is 15.3 Å². The number of rotatable bonds is 5. The predicted octanol–water partition coefficient (Wildman–Crippen LogP) is 4.20. The van der Waals surface area contributed by atoms with Crippen molar-refractivity contribution in [3.8, 4) is 17.1 Å². The first-order chi connectivity index (χ1) is 21.5. The number of halogens is 1. The molecule has 7 aromatic rings. The maximum absolute atomic E-state index is 14.7. The third-order valence-electron chi connectivity index (χ3n) is 7.72. The van der Waals surface area contributed by atoms with Crippen LogP contribution in [0.3, 0.4) is 0 Å². The molecular formula is C31H24FN7O5S. The molecule has 0 radical (unpaired) electrons. The van der Waals surface area contributed by atoms with Gasteiger partial charge in [-0.05, 0) is 55.0 Å². The predicted molar refractivity (Wildman–Crippen MR) is 168 cm³/mol. The zero-order valence-electron chi connectivity index (χ0n) is 24.4. The van der Waals surface area contributed by atoms with Gasteiger partial charge in [0.25, 0.3) is 11.5 Å². The van der Waals surface area contributed by atoms with Gasteiger partial charge in [-0.25, -0.2) is 22.8 Å². The summed E-state index contributed by atoms with van der Waals surface area (Å²) in [6.45, 7) is 1.76. The van der Waals surface area contributed by atoms with Gasteiger partial charge >= 0.3 is 0 Å². The molecule has 7 rings (SSSR count). The van der Waals surface area contributed by atoms with Gasteiger partial charge in [0.05, 0.1) is 33.9 Å². The summed E-state index contributed by atoms with van der Waals surface area (Å²) in [7, 11) is -1.05. The van der Waals surface area contributed by atoms with E-state index < -0.39 is 27.3 Å². The Balaban J connectivity index is 1.56. The van der Waals surface area contributed by atoms with E-state index in [-0.39, 0.29) is 33.9 Å². The number of hydrogen-bond donors (Lipinski definition) is 1. The molecule has 1 amide bonds. The maximum atomic E-state index is 14.7. The van der Waals surface area contributed by atoms with E-state index in [0.717, 1.165) is 16.1 Å². The van der Waals surface area contributed by atoms with E-state index in [0.29, 0.717) is 33.1 Å². The van der Waals surface area contributed by atoms with Crippen molar-refractivity contribution in [2.75, 3.05) is 24.7 Å². The number of aryl methyl sites for hydroxylation is 1. The highest BCUT2D eigenvalue weighted by Gasteiger charge is 2.28. The third kappa shape index (κ3) is 4.40. The number of carbonyl (C=O) groups excluding carboxylic acids is 1. The largest absolute Gasteiger partial charge is 0.420 e. The smallest absolute Gasteiger partial charge is 0.257 e. The molecule has 0 atom stereocenters. The summed E-state index contributed by atoms with van der Waals surface area (Å²) in [5.41, 5.74) is 2.97. The summed E-state index contributed by atoms with van der Waals surface area (Å²) in [6.07, 6.45) is 4.10. The molecule has 0 aliphatic carbocycles. The Kier molecular flexibility index (Phi) is 6.23. The summed E-state index contributed by atoms with van der Waals surface area (Å²) in [6, 6.07) is 14.5. The lowest BCUT2D eigenvalue weighted by Gasteiger charge is -2.19. The average Bonchev–Trinajstić information content (AvgIpc) is 3.58. The molecule has 226 valence electrons. The molecule has 12 nitrogen and oxygen atoms in total. The number of nitrogens with zero attached hydrogens (tertiary/aromatic N) is 6. The Hall–Kier alpha value is -5.63. The number of pyridine rings is 3. The number of nitrogens with one attached hydrogen (secondary N) is 1. The van der Waals surface area contributed by atoms with Gasteiger partial charge in [0, 0.05) is 37.3 Å². The Morgan fingerprint density at radius 3 is 2.58 bits per heavy atom. The molecule has 0 aliphatic rings. The van der Waals surface area contributed by atoms with Crippen molar-refractivity contribution in [3.05, 3.63) is 94.4 Å². The highest BCUT2D eigenvalue weighted by molar-refractivity contribution is 7.92. The minimum absolute atomic E-state index is 0.0247. The van der Waals surface area contributed by atoms with Crippen molar-refractivity contribution in [2.45, 2.75) is 6.92 Å². The van der Waals surface area contributed by atoms with Crippen LogP contribution in [0.1, 0.15) is 15.9 Å². The lowest BCUT2D eigenvalue weighted by Crippen LogP contribution is -2.26. The summed E-state index contributed by atoms with van der Waals surface area (Å²) < 4.78 is 50.1. The van der Waals surface area contributed by atoms with Gasteiger partial charge in [0.1, 0.15) is 23.2 Å². The van der Waals surface area contributed by atoms with Crippen LogP contribution in [-0.2, 0) is 10.0 Å². The van der Waals surface area contributed by atoms with Gasteiger partial charge in [-0.1, -0.05) is 6.07 Å². The number of benzene rings is 1. The molecule has 0 aliphatic heterocycles. The van der Waals surface area contributed by atoms with Crippen molar-refractivity contribution >= 4 is 60.3 Å². The van der Waals surface area contributed by atoms with Crippen molar-refractivity contribution in [2.24, 2.45) is 0 Å². The minimum Gasteiger partial charge on any atom is -0.420 e. The van der Waals surface area contributed by atoms with Crippen LogP contribution in [0.2, 0.25) is 0 Å². The van der Waals surface area contributed by atoms with Crippen LogP contribution in [0.4, 0.5) is 10.2 Å². The monoisotopic (exact) mass is 625 g/mol. The van der Waals surface area contributed by atoms with Crippen LogP contribution >= 0.6 is 0 Å². The molecular weight excluding hydrogens is 601 g/mol. The Labute approximate surface area is 254 Å². The molecule has 6 heterocycles. The van der Waals surface area contributed by atoms with Crippen LogP contribution in [0, 0.1) is 12.7 Å². The van der Waals surface area contributed by atoms with Crippen molar-refractivity contribution in [1.29, 1.82) is 0 Å². The van der Waals surface area contributed by atoms with Gasteiger partial charge in [0.2, 0.25) is 21.6 Å². The third-order valence-corrected chi connectivity index (χ3v) is 8.89. The van der Waals surface area contributed by atoms with Crippen LogP contribution in [0.15, 0.2) is 76.3 Å². The van der Waals surface area contributed by atoms with Crippen molar-refractivity contribution in [1.82, 2.24) is 29.2 Å². The Bertz CT molecular complexity index is 2550. The zero-order chi connectivity index (χ0) is 31.8. The molecule has 1 N–H and O–H groups in total. The molecule has 0 saturated heterocycles. The second-order valence-corrected chi connectivity index (χ2v) is 12.6. The van der Waals surface area contributed by atoms with Crippen LogP contribution in [0.25, 0.3) is 55.7 Å². The SMILES string of the molecule is CNC(=O)c1c(-n2ccc(C)cc2=O)oc2nc(N(C)S(C)(=O)=O)c(-c3ccc4ncn5c6cccc(F)c6cc5c4n3)cc12. The minimum atomic E-state index is -3.83. The number of furan rings is 1. The fourth-order valence-electron chi connectivity index (χ4n) is 5.38. The first-order valence-electron chi connectivity index (χ1n) is 13.6. The van der Waals surface area contributed by atoms with Crippen LogP contribution in [0.5, 0.6) is 0 Å². The number of amides is 1. The number of anilines is 1. The van der Waals surface area contributed by atoms with Crippen LogP contribution < -0.4 is 15.2 Å². The highest BCUT2D eigenvalue weighted by atomic mass is 32.2. The molecule has 0 fully saturated rings. The summed E-state index contributed by atoms with van der Waals surface area (Å²) in [4.78, 5) is 40.1. The number of aromatic nitrogens is 5. The van der Waals surface area contributed by atoms with Gasteiger partial charge in [-0.15, -0.1) is 0 Å². The molecule has 0 unspecified atom stereocenters. The number of fused-ring (bicyclic) bond motifs is 6. The van der Waals surface area contributed by atoms with Gasteiger partial charge in [-0.3, -0.25) is 22.9 Å². The van der Waals surface area contributed by atoms with E-state index in [1.54, 1.807) is 60.1 Å². The topological polar surface area (TPSA) is 145 Å². The fraction of sp³-hybridized carbons (Fsp3) is 0.129. The second kappa shape index (κ2) is 9.95. The molecule has 0 saturated carbocycles. The standard InChI is InChI=1S/C31H24FN7O5S/c1-16-10-11-38(25(40)12-16)31-26(29(41)33-2)19-13-18(28(36-30(19)44-31)37(3)45(4,42)43)21-8-9-22-27(35-21)24-14-17-20(32)6-5-7-23(17)39(24)15-34-22/h5-15H,1-4H3,(H,33,41). The normalized spacial score (nSPS) is 12.0. The lowest BCUT2D eigenvalue weighted by molar-refractivity contribution is 0.0963. The number of sulfonamides is 1. The molecule has 6 aromatic heterocycles. The first kappa shape index (κ1) is 28.2. The van der Waals surface area contributed by atoms with Crippen molar-refractivity contribution in [3.63, 3.8) is 0 Å². The average molecular weight is 626 g/mol. The van der Waals surface area contributed by atoms with E-state index in [1.807, 2.05) is 0 Å². The van der Waals surface area contributed by atoms with E-state index in [4.69, 9.17) is 9.40 Å². The molecule has 14 heteroatoms. The van der Waals surface area contributed by atoms with Crippen LogP contribution in [-0.4, -0.2) is 58.6 Å². The quantitative estimate of drug-likeness (QED) is 0.300. The summed E-state index contributed by atoms with van der Waals surface area (Å²) in [5.74, 6) is -1.04. The highest BCUT2D eigenvalue weighted by Crippen LogP contribution is 2.37. The van der Waals surface area contributed by atoms with Gasteiger partial charge < -0.3 is 9.73 Å². The zero-order valence-corrected chi connectivity index (χ0v) is 25.2. The Morgan fingerprint density at radius 2 is 1.84 bits per heavy atom. The fourth-order valence-corrected chi connectivity index (χ4v) is 5.84. The molecule has 1 aromatic carbocycles. The van der Waals surface area contributed by atoms with E-state index >= 15 is 0 Å². The van der Waals surface area contributed by atoms with Crippen molar-refractivity contribution < 1.29 is 22.0 Å². The molecule has 0 bridgehead atoms. The first-order valence-corrected chi connectivity index (χ1v) is 15.5. The molecule has 45 heavy (non-hydrogen) atoms. The summed E-state index contributed by atoms with van der Waals surface area (Å²) in [5, 5.41) is 3.20. The lowest BCUT2D eigenvalue weighted by atomic mass is 10.1. The van der Waals surface area contributed by atoms with E-state index in [9.17, 15) is 22.4 Å². The number of hydrogen-bond acceptors (Lipinski definition) is 8. The van der Waals surface area contributed by atoms with E-state index in [1.165, 1.54) is 37.0 Å². The van der Waals surface area contributed by atoms with Gasteiger partial charge in [-0.2, -0.15) is 4.98 Å². The number of carbonyl (C=O) groups is 1. The summed E-state index contributed by atoms with van der Waals surface area (Å²) >= 11 is 0. The molecule has 0 spiro atoms. The maximum Gasteiger partial charge on any atom is 0.257 e. The van der Waals surface area contributed by atoms with Gasteiger partial charge in [0.15, 0.2) is 5.82 Å².